The molecule has 0 atom stereocenters. The van der Waals surface area contributed by atoms with Crippen molar-refractivity contribution in [1.82, 2.24) is 0 Å². The average Bonchev–Trinajstić information content (AvgIpc) is 2.34. The van der Waals surface area contributed by atoms with Crippen LogP contribution in [0, 0.1) is 0 Å². The summed E-state index contributed by atoms with van der Waals surface area (Å²) in [5, 5.41) is 0. The van der Waals surface area contributed by atoms with Crippen LogP contribution in [0.3, 0.4) is 0 Å². The molecule has 0 unspecified atom stereocenters. The maximum atomic E-state index is 12.2. The van der Waals surface area contributed by atoms with Crippen LogP contribution < -0.4 is 5.73 Å². The Kier molecular flexibility index (Phi) is 4.32. The van der Waals surface area contributed by atoms with E-state index in [1.165, 1.54) is 0 Å². The molecule has 0 radical (unpaired) electrons. The molecule has 0 aliphatic rings. The van der Waals surface area contributed by atoms with E-state index >= 15 is 0 Å². The normalized spacial score (nSPS) is 11.5. The fraction of sp³-hybridized carbons (Fsp3) is 0.0769. The number of nitrogens with two attached hydrogens (primary N) is 1. The Morgan fingerprint density at radius 1 is 1.00 bits per heavy atom. The van der Waals surface area contributed by atoms with Crippen molar-refractivity contribution in [2.75, 3.05) is 5.73 Å². The van der Waals surface area contributed by atoms with E-state index in [0.29, 0.717) is 16.1 Å². The van der Waals surface area contributed by atoms with Crippen LogP contribution in [0.25, 0.3) is 0 Å². The zero-order valence-electron chi connectivity index (χ0n) is 9.81. The summed E-state index contributed by atoms with van der Waals surface area (Å²) in [6.45, 7) is 0. The van der Waals surface area contributed by atoms with Crippen molar-refractivity contribution in [3.63, 3.8) is 0 Å². The molecule has 0 amide bonds. The van der Waals surface area contributed by atoms with Gasteiger partial charge in [-0.05, 0) is 57.9 Å². The van der Waals surface area contributed by atoms with Crippen LogP contribution in [-0.4, -0.2) is 8.42 Å². The molecule has 3 nitrogen and oxygen atoms in total. The van der Waals surface area contributed by atoms with Gasteiger partial charge in [-0.25, -0.2) is 8.42 Å². The smallest absolute Gasteiger partial charge is 0.182 e. The maximum Gasteiger partial charge on any atom is 0.182 e. The number of anilines is 1. The number of nitrogen functional groups attached to an aromatic ring is 1. The molecule has 0 saturated carbocycles. The van der Waals surface area contributed by atoms with E-state index in [1.54, 1.807) is 42.5 Å². The van der Waals surface area contributed by atoms with Crippen molar-refractivity contribution in [3.05, 3.63) is 57.0 Å². The van der Waals surface area contributed by atoms with Gasteiger partial charge in [-0.3, -0.25) is 0 Å². The summed E-state index contributed by atoms with van der Waals surface area (Å²) in [6.07, 6.45) is 0. The van der Waals surface area contributed by atoms with E-state index in [9.17, 15) is 8.42 Å². The quantitative estimate of drug-likeness (QED) is 0.792. The molecular formula is C13H11Br2NO2S. The minimum absolute atomic E-state index is 0.0634. The lowest BCUT2D eigenvalue weighted by Crippen LogP contribution is -2.05. The van der Waals surface area contributed by atoms with Gasteiger partial charge in [0, 0.05) is 14.6 Å². The molecule has 0 bridgehead atoms. The lowest BCUT2D eigenvalue weighted by atomic mass is 10.2. The van der Waals surface area contributed by atoms with Crippen molar-refractivity contribution in [2.24, 2.45) is 0 Å². The van der Waals surface area contributed by atoms with E-state index in [4.69, 9.17) is 5.73 Å². The molecule has 0 spiro atoms. The summed E-state index contributed by atoms with van der Waals surface area (Å²) in [7, 11) is -3.35. The van der Waals surface area contributed by atoms with Crippen LogP contribution in [0.1, 0.15) is 5.56 Å². The van der Waals surface area contributed by atoms with Crippen molar-refractivity contribution in [2.45, 2.75) is 10.6 Å². The van der Waals surface area contributed by atoms with E-state index in [2.05, 4.69) is 31.9 Å². The monoisotopic (exact) mass is 403 g/mol. The number of sulfone groups is 1. The second kappa shape index (κ2) is 5.64. The fourth-order valence-corrected chi connectivity index (χ4v) is 3.47. The highest BCUT2D eigenvalue weighted by molar-refractivity contribution is 9.10. The molecule has 0 aromatic heterocycles. The maximum absolute atomic E-state index is 12.2. The Balaban J connectivity index is 2.30. The number of benzene rings is 2. The van der Waals surface area contributed by atoms with Gasteiger partial charge in [0.15, 0.2) is 9.84 Å². The minimum atomic E-state index is -3.35. The summed E-state index contributed by atoms with van der Waals surface area (Å²) in [5.41, 5.74) is 6.95. The molecule has 0 saturated heterocycles. The SMILES string of the molecule is Nc1cc(CS(=O)(=O)c2ccc(Br)cc2)ccc1Br. The molecule has 0 aliphatic carbocycles. The van der Waals surface area contributed by atoms with Gasteiger partial charge < -0.3 is 5.73 Å². The second-order valence-electron chi connectivity index (χ2n) is 4.07. The van der Waals surface area contributed by atoms with Crippen LogP contribution in [0.5, 0.6) is 0 Å². The molecule has 0 heterocycles. The summed E-state index contributed by atoms with van der Waals surface area (Å²) in [5.74, 6) is -0.0634. The van der Waals surface area contributed by atoms with Crippen LogP contribution in [0.2, 0.25) is 0 Å². The van der Waals surface area contributed by atoms with E-state index in [1.807, 2.05) is 0 Å². The lowest BCUT2D eigenvalue weighted by Gasteiger charge is -2.06. The standard InChI is InChI=1S/C13H11Br2NO2S/c14-10-2-4-11(5-3-10)19(17,18)8-9-1-6-12(15)13(16)7-9/h1-7H,8,16H2. The Morgan fingerprint density at radius 3 is 2.21 bits per heavy atom. The molecule has 100 valence electrons. The van der Waals surface area contributed by atoms with Crippen LogP contribution >= 0.6 is 31.9 Å². The van der Waals surface area contributed by atoms with E-state index in [-0.39, 0.29) is 5.75 Å². The number of halogens is 2. The zero-order valence-corrected chi connectivity index (χ0v) is 13.8. The first-order chi connectivity index (χ1) is 8.88. The fourth-order valence-electron chi connectivity index (χ4n) is 1.63. The van der Waals surface area contributed by atoms with Gasteiger partial charge in [-0.1, -0.05) is 22.0 Å². The van der Waals surface area contributed by atoms with Crippen LogP contribution in [0.4, 0.5) is 5.69 Å². The molecular weight excluding hydrogens is 394 g/mol. The molecule has 2 N–H and O–H groups in total. The minimum Gasteiger partial charge on any atom is -0.398 e. The summed E-state index contributed by atoms with van der Waals surface area (Å²) < 4.78 is 26.1. The van der Waals surface area contributed by atoms with Gasteiger partial charge in [-0.15, -0.1) is 0 Å². The zero-order chi connectivity index (χ0) is 14.0. The highest BCUT2D eigenvalue weighted by Crippen LogP contribution is 2.24. The summed E-state index contributed by atoms with van der Waals surface area (Å²) in [4.78, 5) is 0.303. The van der Waals surface area contributed by atoms with Gasteiger partial charge in [0.2, 0.25) is 0 Å². The van der Waals surface area contributed by atoms with Crippen LogP contribution in [0.15, 0.2) is 56.3 Å². The molecule has 0 aliphatic heterocycles. The average molecular weight is 405 g/mol. The Morgan fingerprint density at radius 2 is 1.63 bits per heavy atom. The third-order valence-electron chi connectivity index (χ3n) is 2.59. The van der Waals surface area contributed by atoms with Crippen molar-refractivity contribution in [1.29, 1.82) is 0 Å². The summed E-state index contributed by atoms with van der Waals surface area (Å²) in [6, 6.07) is 11.8. The van der Waals surface area contributed by atoms with Gasteiger partial charge in [-0.2, -0.15) is 0 Å². The molecule has 2 aromatic rings. The first kappa shape index (κ1) is 14.6. The number of hydrogen-bond acceptors (Lipinski definition) is 3. The first-order valence-electron chi connectivity index (χ1n) is 5.41. The van der Waals surface area contributed by atoms with E-state index < -0.39 is 9.84 Å². The van der Waals surface area contributed by atoms with Gasteiger partial charge >= 0.3 is 0 Å². The predicted molar refractivity (Wildman–Crippen MR) is 83.6 cm³/mol. The third kappa shape index (κ3) is 3.58. The third-order valence-corrected chi connectivity index (χ3v) is 5.54. The van der Waals surface area contributed by atoms with Gasteiger partial charge in [0.05, 0.1) is 10.6 Å². The Hall–Kier alpha value is -0.850. The largest absolute Gasteiger partial charge is 0.398 e. The Bertz CT molecular complexity index is 697. The second-order valence-corrected chi connectivity index (χ2v) is 7.83. The Labute approximate surface area is 129 Å². The first-order valence-corrected chi connectivity index (χ1v) is 8.64. The predicted octanol–water partition coefficient (Wildman–Crippen LogP) is 3.77. The molecule has 2 aromatic carbocycles. The topological polar surface area (TPSA) is 60.2 Å². The molecule has 2 rings (SSSR count). The van der Waals surface area contributed by atoms with Crippen molar-refractivity contribution < 1.29 is 8.42 Å². The number of hydrogen-bond donors (Lipinski definition) is 1. The number of rotatable bonds is 3. The highest BCUT2D eigenvalue weighted by Gasteiger charge is 2.15. The molecule has 0 fully saturated rings. The molecule has 19 heavy (non-hydrogen) atoms. The van der Waals surface area contributed by atoms with Crippen LogP contribution in [-0.2, 0) is 15.6 Å². The lowest BCUT2D eigenvalue weighted by molar-refractivity contribution is 0.595. The van der Waals surface area contributed by atoms with Gasteiger partial charge in [0.1, 0.15) is 0 Å². The van der Waals surface area contributed by atoms with Crippen molar-refractivity contribution >= 4 is 47.4 Å². The summed E-state index contributed by atoms with van der Waals surface area (Å²) >= 11 is 6.56. The van der Waals surface area contributed by atoms with Crippen molar-refractivity contribution in [3.8, 4) is 0 Å². The van der Waals surface area contributed by atoms with E-state index in [0.717, 1.165) is 8.95 Å². The highest BCUT2D eigenvalue weighted by atomic mass is 79.9. The van der Waals surface area contributed by atoms with Gasteiger partial charge in [0.25, 0.3) is 0 Å². The molecule has 6 heteroatoms.